The summed E-state index contributed by atoms with van der Waals surface area (Å²) in [6, 6.07) is 9.71. The zero-order valence-corrected chi connectivity index (χ0v) is 13.0. The predicted octanol–water partition coefficient (Wildman–Crippen LogP) is 2.79. The molecule has 0 unspecified atom stereocenters. The molecule has 0 radical (unpaired) electrons. The fourth-order valence-corrected chi connectivity index (χ4v) is 2.66. The molecule has 0 amide bonds. The zero-order valence-electron chi connectivity index (χ0n) is 13.0. The first-order chi connectivity index (χ1) is 10.7. The van der Waals surface area contributed by atoms with Gasteiger partial charge >= 0.3 is 0 Å². The lowest BCUT2D eigenvalue weighted by atomic mass is 10.1. The van der Waals surface area contributed by atoms with E-state index < -0.39 is 0 Å². The van der Waals surface area contributed by atoms with Gasteiger partial charge in [-0.3, -0.25) is 0 Å². The van der Waals surface area contributed by atoms with Gasteiger partial charge < -0.3 is 19.6 Å². The number of nitrogens with zero attached hydrogens (tertiary/aromatic N) is 2. The highest BCUT2D eigenvalue weighted by molar-refractivity contribution is 5.74. The topological polar surface area (TPSA) is 61.8 Å². The fourth-order valence-electron chi connectivity index (χ4n) is 2.66. The molecule has 22 heavy (non-hydrogen) atoms. The molecule has 0 saturated carbocycles. The number of aryl methyl sites for hydroxylation is 1. The monoisotopic (exact) mass is 297 g/mol. The van der Waals surface area contributed by atoms with E-state index in [0.717, 1.165) is 39.7 Å². The first-order valence-electron chi connectivity index (χ1n) is 7.08. The summed E-state index contributed by atoms with van der Waals surface area (Å²) in [4.78, 5) is 4.78. The number of imidazole rings is 1. The quantitative estimate of drug-likeness (QED) is 0.804. The number of nitrogens with two attached hydrogens (primary N) is 1. The molecule has 2 aromatic heterocycles. The summed E-state index contributed by atoms with van der Waals surface area (Å²) in [5, 5.41) is 0. The van der Waals surface area contributed by atoms with Gasteiger partial charge in [0, 0.05) is 18.3 Å². The van der Waals surface area contributed by atoms with Gasteiger partial charge in [0.15, 0.2) is 0 Å². The lowest BCUT2D eigenvalue weighted by Gasteiger charge is -2.10. The van der Waals surface area contributed by atoms with Crippen molar-refractivity contribution in [1.29, 1.82) is 0 Å². The van der Waals surface area contributed by atoms with Gasteiger partial charge in [-0.25, -0.2) is 4.98 Å². The lowest BCUT2D eigenvalue weighted by Crippen LogP contribution is -2.03. The van der Waals surface area contributed by atoms with Crippen molar-refractivity contribution in [1.82, 2.24) is 9.38 Å². The molecule has 0 saturated heterocycles. The molecular formula is C17H19N3O2. The number of ether oxygens (including phenoxy) is 2. The van der Waals surface area contributed by atoms with Crippen LogP contribution in [0.4, 0.5) is 0 Å². The van der Waals surface area contributed by atoms with Crippen molar-refractivity contribution in [2.24, 2.45) is 5.73 Å². The van der Waals surface area contributed by atoms with Crippen molar-refractivity contribution >= 4 is 5.65 Å². The Morgan fingerprint density at radius 1 is 1.18 bits per heavy atom. The summed E-state index contributed by atoms with van der Waals surface area (Å²) >= 11 is 0. The normalized spacial score (nSPS) is 10.9. The van der Waals surface area contributed by atoms with Crippen molar-refractivity contribution in [2.75, 3.05) is 14.2 Å². The second-order valence-electron chi connectivity index (χ2n) is 5.06. The number of benzene rings is 1. The van der Waals surface area contributed by atoms with E-state index in [1.807, 2.05) is 47.9 Å². The van der Waals surface area contributed by atoms with Gasteiger partial charge in [0.1, 0.15) is 17.1 Å². The Bertz CT molecular complexity index is 824. The first-order valence-corrected chi connectivity index (χ1v) is 7.08. The molecule has 3 aromatic rings. The number of aromatic nitrogens is 2. The molecule has 0 aliphatic rings. The molecule has 1 aromatic carbocycles. The Balaban J connectivity index is 2.32. The second-order valence-corrected chi connectivity index (χ2v) is 5.06. The Kier molecular flexibility index (Phi) is 3.73. The SMILES string of the molecule is COc1ccc(OC)c(-c2nc3c(C)cccn3c2CN)c1. The molecule has 2 heterocycles. The largest absolute Gasteiger partial charge is 0.497 e. The highest BCUT2D eigenvalue weighted by Crippen LogP contribution is 2.35. The van der Waals surface area contributed by atoms with E-state index in [4.69, 9.17) is 20.2 Å². The van der Waals surface area contributed by atoms with E-state index >= 15 is 0 Å². The molecule has 0 bridgehead atoms. The molecule has 0 spiro atoms. The van der Waals surface area contributed by atoms with Gasteiger partial charge in [-0.15, -0.1) is 0 Å². The third kappa shape index (κ3) is 2.19. The van der Waals surface area contributed by atoms with Gasteiger partial charge in [0.25, 0.3) is 0 Å². The van der Waals surface area contributed by atoms with E-state index in [1.165, 1.54) is 0 Å². The van der Waals surface area contributed by atoms with Crippen LogP contribution in [-0.2, 0) is 6.54 Å². The highest BCUT2D eigenvalue weighted by Gasteiger charge is 2.18. The summed E-state index contributed by atoms with van der Waals surface area (Å²) in [6.07, 6.45) is 1.98. The molecule has 0 aliphatic carbocycles. The number of hydrogen-bond acceptors (Lipinski definition) is 4. The van der Waals surface area contributed by atoms with Crippen molar-refractivity contribution in [2.45, 2.75) is 13.5 Å². The van der Waals surface area contributed by atoms with Gasteiger partial charge in [0.05, 0.1) is 25.6 Å². The maximum atomic E-state index is 5.98. The number of fused-ring (bicyclic) bond motifs is 1. The molecule has 5 heteroatoms. The molecule has 3 rings (SSSR count). The van der Waals surface area contributed by atoms with E-state index in [1.54, 1.807) is 14.2 Å². The first kappa shape index (κ1) is 14.4. The summed E-state index contributed by atoms with van der Waals surface area (Å²) in [5.74, 6) is 1.50. The molecule has 0 atom stereocenters. The molecule has 0 aliphatic heterocycles. The minimum absolute atomic E-state index is 0.389. The van der Waals surface area contributed by atoms with Gasteiger partial charge in [-0.2, -0.15) is 0 Å². The summed E-state index contributed by atoms with van der Waals surface area (Å²) in [6.45, 7) is 2.43. The maximum absolute atomic E-state index is 5.98. The fraction of sp³-hybridized carbons (Fsp3) is 0.235. The van der Waals surface area contributed by atoms with Crippen molar-refractivity contribution in [3.8, 4) is 22.8 Å². The van der Waals surface area contributed by atoms with Crippen LogP contribution in [0.2, 0.25) is 0 Å². The van der Waals surface area contributed by atoms with E-state index in [9.17, 15) is 0 Å². The minimum atomic E-state index is 0.389. The van der Waals surface area contributed by atoms with Crippen LogP contribution in [0.15, 0.2) is 36.5 Å². The van der Waals surface area contributed by atoms with Gasteiger partial charge in [-0.05, 0) is 36.8 Å². The van der Waals surface area contributed by atoms with Gasteiger partial charge in [-0.1, -0.05) is 6.07 Å². The average Bonchev–Trinajstić information content (AvgIpc) is 2.94. The highest BCUT2D eigenvalue weighted by atomic mass is 16.5. The van der Waals surface area contributed by atoms with E-state index in [2.05, 4.69) is 0 Å². The summed E-state index contributed by atoms with van der Waals surface area (Å²) < 4.78 is 12.8. The third-order valence-corrected chi connectivity index (χ3v) is 3.80. The third-order valence-electron chi connectivity index (χ3n) is 3.80. The van der Waals surface area contributed by atoms with Crippen molar-refractivity contribution < 1.29 is 9.47 Å². The minimum Gasteiger partial charge on any atom is -0.497 e. The Morgan fingerprint density at radius 3 is 2.68 bits per heavy atom. The van der Waals surface area contributed by atoms with Crippen LogP contribution >= 0.6 is 0 Å². The van der Waals surface area contributed by atoms with Crippen molar-refractivity contribution in [3.05, 3.63) is 47.8 Å². The van der Waals surface area contributed by atoms with Crippen LogP contribution in [0, 0.1) is 6.92 Å². The molecule has 0 fully saturated rings. The Hall–Kier alpha value is -2.53. The molecular weight excluding hydrogens is 278 g/mol. The summed E-state index contributed by atoms with van der Waals surface area (Å²) in [5.41, 5.74) is 10.6. The smallest absolute Gasteiger partial charge is 0.140 e. The van der Waals surface area contributed by atoms with Crippen LogP contribution in [0.5, 0.6) is 11.5 Å². The second kappa shape index (κ2) is 5.69. The lowest BCUT2D eigenvalue weighted by molar-refractivity contribution is 0.404. The molecule has 114 valence electrons. The molecule has 2 N–H and O–H groups in total. The number of methoxy groups -OCH3 is 2. The van der Waals surface area contributed by atoms with Gasteiger partial charge in [0.2, 0.25) is 0 Å². The van der Waals surface area contributed by atoms with Crippen LogP contribution < -0.4 is 15.2 Å². The molecule has 5 nitrogen and oxygen atoms in total. The Morgan fingerprint density at radius 2 is 2.00 bits per heavy atom. The number of hydrogen-bond donors (Lipinski definition) is 1. The standard InChI is InChI=1S/C17H19N3O2/c1-11-5-4-8-20-14(10-18)16(19-17(11)20)13-9-12(21-2)6-7-15(13)22-3/h4-9H,10,18H2,1-3H3. The summed E-state index contributed by atoms with van der Waals surface area (Å²) in [7, 11) is 3.29. The van der Waals surface area contributed by atoms with Crippen molar-refractivity contribution in [3.63, 3.8) is 0 Å². The number of rotatable bonds is 4. The predicted molar refractivity (Wildman–Crippen MR) is 86.4 cm³/mol. The van der Waals surface area contributed by atoms with Crippen LogP contribution in [0.1, 0.15) is 11.3 Å². The average molecular weight is 297 g/mol. The Labute approximate surface area is 129 Å². The zero-order chi connectivity index (χ0) is 15.7. The number of pyridine rings is 1. The van der Waals surface area contributed by atoms with E-state index in [0.29, 0.717) is 6.54 Å². The maximum Gasteiger partial charge on any atom is 0.140 e. The van der Waals surface area contributed by atoms with Crippen LogP contribution in [0.3, 0.4) is 0 Å². The van der Waals surface area contributed by atoms with Crippen LogP contribution in [-0.4, -0.2) is 23.6 Å². The van der Waals surface area contributed by atoms with Crippen LogP contribution in [0.25, 0.3) is 16.9 Å². The van der Waals surface area contributed by atoms with E-state index in [-0.39, 0.29) is 0 Å².